The van der Waals surface area contributed by atoms with Crippen LogP contribution in [0, 0.1) is 0 Å². The van der Waals surface area contributed by atoms with Gasteiger partial charge in [-0.2, -0.15) is 0 Å². The summed E-state index contributed by atoms with van der Waals surface area (Å²) < 4.78 is 0. The predicted molar refractivity (Wildman–Crippen MR) is 90.8 cm³/mol. The third-order valence-electron chi connectivity index (χ3n) is 4.60. The molecule has 0 unspecified atom stereocenters. The fourth-order valence-electron chi connectivity index (χ4n) is 3.60. The van der Waals surface area contributed by atoms with Crippen LogP contribution in [0.25, 0.3) is 33.2 Å². The summed E-state index contributed by atoms with van der Waals surface area (Å²) in [6, 6.07) is 17.0. The molecule has 1 nitrogen and oxygen atoms in total. The predicted octanol–water partition coefficient (Wildman–Crippen LogP) is 3.00. The Labute approximate surface area is 127 Å². The summed E-state index contributed by atoms with van der Waals surface area (Å²) in [5.41, 5.74) is 1.87. The average Bonchev–Trinajstić information content (AvgIpc) is 2.94. The number of carbonyl (C=O) groups is 1. The van der Waals surface area contributed by atoms with E-state index in [9.17, 15) is 4.79 Å². The molecule has 0 spiro atoms. The van der Waals surface area contributed by atoms with Gasteiger partial charge in [-0.05, 0) is 49.7 Å². The van der Waals surface area contributed by atoms with E-state index in [-0.39, 0.29) is 5.78 Å². The van der Waals surface area contributed by atoms with Crippen LogP contribution in [0.4, 0.5) is 0 Å². The van der Waals surface area contributed by atoms with Crippen LogP contribution < -0.4 is 10.4 Å². The third-order valence-corrected chi connectivity index (χ3v) is 4.60. The summed E-state index contributed by atoms with van der Waals surface area (Å²) in [5.74, 6) is 0.104. The first-order chi connectivity index (χ1) is 10.8. The molecule has 0 amide bonds. The highest BCUT2D eigenvalue weighted by Crippen LogP contribution is 2.25. The van der Waals surface area contributed by atoms with Crippen molar-refractivity contribution in [3.8, 4) is 0 Å². The van der Waals surface area contributed by atoms with Crippen LogP contribution in [0.5, 0.6) is 0 Å². The van der Waals surface area contributed by atoms with E-state index >= 15 is 0 Å². The van der Waals surface area contributed by atoms with E-state index in [1.165, 1.54) is 26.8 Å². The molecule has 5 rings (SSSR count). The highest BCUT2D eigenvalue weighted by Gasteiger charge is 2.19. The maximum atomic E-state index is 12.2. The van der Waals surface area contributed by atoms with E-state index in [0.29, 0.717) is 0 Å². The smallest absolute Gasteiger partial charge is 0.187 e. The van der Waals surface area contributed by atoms with Crippen molar-refractivity contribution in [3.05, 3.63) is 82.8 Å². The lowest BCUT2D eigenvalue weighted by atomic mass is 9.98. The Kier molecular flexibility index (Phi) is 2.15. The van der Waals surface area contributed by atoms with Crippen LogP contribution in [0.2, 0.25) is 0 Å². The van der Waals surface area contributed by atoms with Crippen molar-refractivity contribution < 1.29 is 4.79 Å². The first-order valence-corrected chi connectivity index (χ1v) is 7.42. The van der Waals surface area contributed by atoms with Gasteiger partial charge in [0.2, 0.25) is 0 Å². The number of hydrogen-bond acceptors (Lipinski definition) is 1. The number of fused-ring (bicyclic) bond motifs is 6. The minimum Gasteiger partial charge on any atom is -0.289 e. The van der Waals surface area contributed by atoms with Crippen molar-refractivity contribution in [2.24, 2.45) is 0 Å². The number of allylic oxidation sites excluding steroid dienone is 4. The summed E-state index contributed by atoms with van der Waals surface area (Å²) in [6.07, 6.45) is 7.64. The summed E-state index contributed by atoms with van der Waals surface area (Å²) in [7, 11) is 0. The molecule has 0 saturated carbocycles. The number of hydrogen-bond donors (Lipinski definition) is 0. The van der Waals surface area contributed by atoms with Gasteiger partial charge in [0.15, 0.2) is 5.78 Å². The van der Waals surface area contributed by atoms with Crippen LogP contribution in [0.15, 0.2) is 72.3 Å². The maximum absolute atomic E-state index is 12.2. The van der Waals surface area contributed by atoms with E-state index < -0.39 is 0 Å². The van der Waals surface area contributed by atoms with E-state index in [2.05, 4.69) is 54.6 Å². The standard InChI is InChI=1S/C21H12O/c22-20-7-3-5-14-12-19-17-9-8-13-4-1-2-6-15(13)16(17)10-11-18(19)21(14)20/h1-12H. The van der Waals surface area contributed by atoms with E-state index in [0.717, 1.165) is 16.4 Å². The second kappa shape index (κ2) is 4.05. The van der Waals surface area contributed by atoms with E-state index in [1.54, 1.807) is 6.08 Å². The van der Waals surface area contributed by atoms with Gasteiger partial charge in [-0.3, -0.25) is 4.79 Å². The Hall–Kier alpha value is -2.93. The van der Waals surface area contributed by atoms with Gasteiger partial charge in [0, 0.05) is 5.57 Å². The van der Waals surface area contributed by atoms with Gasteiger partial charge >= 0.3 is 0 Å². The third kappa shape index (κ3) is 1.40. The molecule has 0 fully saturated rings. The van der Waals surface area contributed by atoms with Crippen LogP contribution in [-0.2, 0) is 4.79 Å². The van der Waals surface area contributed by atoms with Gasteiger partial charge in [0.05, 0.1) is 0 Å². The van der Waals surface area contributed by atoms with Crippen molar-refractivity contribution in [1.82, 2.24) is 0 Å². The molecule has 22 heavy (non-hydrogen) atoms. The largest absolute Gasteiger partial charge is 0.289 e. The highest BCUT2D eigenvalue weighted by molar-refractivity contribution is 6.30. The molecule has 0 radical (unpaired) electrons. The van der Waals surface area contributed by atoms with Gasteiger partial charge in [-0.1, -0.05) is 60.7 Å². The molecular weight excluding hydrogens is 268 g/mol. The molecule has 3 aromatic rings. The van der Waals surface area contributed by atoms with E-state index in [4.69, 9.17) is 0 Å². The molecule has 0 aliphatic heterocycles. The Morgan fingerprint density at radius 1 is 0.773 bits per heavy atom. The molecule has 3 aromatic carbocycles. The normalized spacial score (nSPS) is 15.7. The lowest BCUT2D eigenvalue weighted by molar-refractivity contribution is -0.109. The van der Waals surface area contributed by atoms with Crippen LogP contribution in [-0.4, -0.2) is 5.78 Å². The van der Waals surface area contributed by atoms with Crippen molar-refractivity contribution in [1.29, 1.82) is 0 Å². The highest BCUT2D eigenvalue weighted by atomic mass is 16.1. The fourth-order valence-corrected chi connectivity index (χ4v) is 3.60. The lowest BCUT2D eigenvalue weighted by Crippen LogP contribution is -2.25. The summed E-state index contributed by atoms with van der Waals surface area (Å²) in [6.45, 7) is 0. The molecule has 0 aromatic heterocycles. The van der Waals surface area contributed by atoms with Crippen LogP contribution in [0.1, 0.15) is 0 Å². The number of benzene rings is 3. The zero-order valence-electron chi connectivity index (χ0n) is 11.8. The van der Waals surface area contributed by atoms with Crippen molar-refractivity contribution in [3.63, 3.8) is 0 Å². The van der Waals surface area contributed by atoms with Crippen molar-refractivity contribution in [2.45, 2.75) is 0 Å². The molecule has 0 saturated heterocycles. The molecule has 0 bridgehead atoms. The quantitative estimate of drug-likeness (QED) is 0.579. The average molecular weight is 280 g/mol. The summed E-state index contributed by atoms with van der Waals surface area (Å²) >= 11 is 0. The van der Waals surface area contributed by atoms with Crippen LogP contribution in [0.3, 0.4) is 0 Å². The molecular formula is C21H12O. The zero-order valence-corrected chi connectivity index (χ0v) is 11.8. The zero-order chi connectivity index (χ0) is 14.7. The molecule has 0 N–H and O–H groups in total. The molecule has 0 heterocycles. The second-order valence-electron chi connectivity index (χ2n) is 5.77. The SMILES string of the molecule is O=C1C=CC=C2C=c3c(ccc4c3ccc3ccccc34)=C12. The molecule has 1 heteroatoms. The first kappa shape index (κ1) is 11.7. The minimum atomic E-state index is 0.104. The van der Waals surface area contributed by atoms with Gasteiger partial charge in [0.1, 0.15) is 0 Å². The second-order valence-corrected chi connectivity index (χ2v) is 5.77. The molecule has 2 aliphatic rings. The summed E-state index contributed by atoms with van der Waals surface area (Å²) in [4.78, 5) is 12.2. The summed E-state index contributed by atoms with van der Waals surface area (Å²) in [5, 5.41) is 7.19. The Morgan fingerprint density at radius 3 is 2.59 bits per heavy atom. The van der Waals surface area contributed by atoms with Gasteiger partial charge < -0.3 is 0 Å². The number of carbonyl (C=O) groups excluding carboxylic acids is 1. The topological polar surface area (TPSA) is 17.1 Å². The Balaban J connectivity index is 2.02. The van der Waals surface area contributed by atoms with E-state index in [1.807, 2.05) is 12.2 Å². The van der Waals surface area contributed by atoms with Gasteiger partial charge in [0.25, 0.3) is 0 Å². The minimum absolute atomic E-state index is 0.104. The van der Waals surface area contributed by atoms with Crippen molar-refractivity contribution in [2.75, 3.05) is 0 Å². The molecule has 2 aliphatic carbocycles. The van der Waals surface area contributed by atoms with Crippen molar-refractivity contribution >= 4 is 39.0 Å². The van der Waals surface area contributed by atoms with Crippen LogP contribution >= 0.6 is 0 Å². The maximum Gasteiger partial charge on any atom is 0.187 e. The Morgan fingerprint density at radius 2 is 1.64 bits per heavy atom. The monoisotopic (exact) mass is 280 g/mol. The molecule has 102 valence electrons. The fraction of sp³-hybridized carbons (Fsp3) is 0. The molecule has 0 atom stereocenters. The number of ketones is 1. The van der Waals surface area contributed by atoms with Gasteiger partial charge in [-0.25, -0.2) is 0 Å². The Bertz CT molecular complexity index is 1170. The van der Waals surface area contributed by atoms with Gasteiger partial charge in [-0.15, -0.1) is 0 Å². The number of rotatable bonds is 0. The lowest BCUT2D eigenvalue weighted by Gasteiger charge is -2.05. The first-order valence-electron chi connectivity index (χ1n) is 7.42.